The average molecular weight is 269 g/mol. The smallest absolute Gasteiger partial charge is 0.279 e. The van der Waals surface area contributed by atoms with E-state index in [-0.39, 0.29) is 5.56 Å². The van der Waals surface area contributed by atoms with Crippen LogP contribution in [-0.2, 0) is 6.54 Å². The zero-order chi connectivity index (χ0) is 14.1. The summed E-state index contributed by atoms with van der Waals surface area (Å²) in [6, 6.07) is 9.80. The van der Waals surface area contributed by atoms with E-state index in [9.17, 15) is 4.79 Å². The van der Waals surface area contributed by atoms with Crippen molar-refractivity contribution in [3.05, 3.63) is 46.9 Å². The first kappa shape index (κ1) is 12.4. The van der Waals surface area contributed by atoms with Crippen LogP contribution in [0.5, 0.6) is 0 Å². The van der Waals surface area contributed by atoms with Crippen LogP contribution in [0.2, 0.25) is 0 Å². The van der Waals surface area contributed by atoms with Crippen LogP contribution in [0.4, 0.5) is 5.95 Å². The molecule has 0 saturated carbocycles. The van der Waals surface area contributed by atoms with Crippen molar-refractivity contribution in [2.45, 2.75) is 13.5 Å². The fourth-order valence-electron chi connectivity index (χ4n) is 2.33. The van der Waals surface area contributed by atoms with Crippen molar-refractivity contribution in [2.24, 2.45) is 5.84 Å². The first-order chi connectivity index (χ1) is 9.76. The first-order valence-corrected chi connectivity index (χ1v) is 6.40. The van der Waals surface area contributed by atoms with Gasteiger partial charge in [-0.15, -0.1) is 0 Å². The highest BCUT2D eigenvalue weighted by atomic mass is 16.1. The number of rotatable bonds is 3. The molecule has 3 rings (SSSR count). The van der Waals surface area contributed by atoms with Gasteiger partial charge in [-0.1, -0.05) is 30.3 Å². The van der Waals surface area contributed by atoms with E-state index in [4.69, 9.17) is 5.84 Å². The second kappa shape index (κ2) is 4.82. The van der Waals surface area contributed by atoms with Crippen LogP contribution in [-0.4, -0.2) is 14.5 Å². The quantitative estimate of drug-likeness (QED) is 0.498. The van der Waals surface area contributed by atoms with Gasteiger partial charge in [0, 0.05) is 18.3 Å². The number of nitrogens with one attached hydrogen (secondary N) is 2. The molecule has 0 unspecified atom stereocenters. The summed E-state index contributed by atoms with van der Waals surface area (Å²) in [6.07, 6.45) is 1.80. The van der Waals surface area contributed by atoms with Gasteiger partial charge in [-0.25, -0.2) is 10.8 Å². The van der Waals surface area contributed by atoms with Gasteiger partial charge in [-0.2, -0.15) is 0 Å². The number of H-pyrrole nitrogens is 1. The highest BCUT2D eigenvalue weighted by molar-refractivity contribution is 5.92. The number of fused-ring (bicyclic) bond motifs is 1. The number of hydrazine groups is 1. The molecule has 0 atom stereocenters. The molecule has 20 heavy (non-hydrogen) atoms. The monoisotopic (exact) mass is 269 g/mol. The van der Waals surface area contributed by atoms with E-state index < -0.39 is 0 Å². The molecule has 0 radical (unpaired) electrons. The van der Waals surface area contributed by atoms with Crippen molar-refractivity contribution in [1.82, 2.24) is 14.5 Å². The van der Waals surface area contributed by atoms with E-state index in [0.29, 0.717) is 23.5 Å². The normalized spacial score (nSPS) is 10.9. The Bertz CT molecular complexity index is 804. The molecule has 102 valence electrons. The third-order valence-electron chi connectivity index (χ3n) is 3.32. The van der Waals surface area contributed by atoms with E-state index in [1.807, 2.05) is 37.3 Å². The van der Waals surface area contributed by atoms with Crippen molar-refractivity contribution in [1.29, 1.82) is 0 Å². The maximum Gasteiger partial charge on any atom is 0.279 e. The lowest BCUT2D eigenvalue weighted by molar-refractivity contribution is 0.723. The molecule has 0 saturated heterocycles. The summed E-state index contributed by atoms with van der Waals surface area (Å²) in [5.74, 6) is 5.82. The highest BCUT2D eigenvalue weighted by Crippen LogP contribution is 2.26. The summed E-state index contributed by atoms with van der Waals surface area (Å²) >= 11 is 0. The van der Waals surface area contributed by atoms with E-state index in [1.54, 1.807) is 6.20 Å². The molecule has 0 amide bonds. The number of aromatic nitrogens is 3. The Hall–Kier alpha value is -2.60. The number of nitrogens with zero attached hydrogens (tertiary/aromatic N) is 2. The lowest BCUT2D eigenvalue weighted by Crippen LogP contribution is -2.26. The lowest BCUT2D eigenvalue weighted by Gasteiger charge is -2.09. The Morgan fingerprint density at radius 3 is 2.75 bits per heavy atom. The van der Waals surface area contributed by atoms with Gasteiger partial charge in [0.05, 0.1) is 0 Å². The second-order valence-corrected chi connectivity index (χ2v) is 4.42. The average Bonchev–Trinajstić information content (AvgIpc) is 2.92. The fourth-order valence-corrected chi connectivity index (χ4v) is 2.33. The van der Waals surface area contributed by atoms with E-state index in [2.05, 4.69) is 15.4 Å². The minimum atomic E-state index is -0.132. The summed E-state index contributed by atoms with van der Waals surface area (Å²) in [7, 11) is 0. The summed E-state index contributed by atoms with van der Waals surface area (Å²) in [5.41, 5.74) is 5.36. The van der Waals surface area contributed by atoms with Gasteiger partial charge in [0.15, 0.2) is 0 Å². The van der Waals surface area contributed by atoms with Gasteiger partial charge in [0.25, 0.3) is 5.56 Å². The molecule has 4 N–H and O–H groups in total. The minimum Gasteiger partial charge on any atom is -0.355 e. The maximum atomic E-state index is 12.4. The fraction of sp³-hybridized carbons (Fsp3) is 0.143. The Kier molecular flexibility index (Phi) is 3.00. The predicted molar refractivity (Wildman–Crippen MR) is 79.3 cm³/mol. The molecule has 3 aromatic rings. The van der Waals surface area contributed by atoms with Gasteiger partial charge < -0.3 is 4.98 Å². The van der Waals surface area contributed by atoms with Crippen LogP contribution in [0.15, 0.2) is 41.3 Å². The second-order valence-electron chi connectivity index (χ2n) is 4.42. The molecule has 0 aliphatic rings. The highest BCUT2D eigenvalue weighted by Gasteiger charge is 2.14. The zero-order valence-electron chi connectivity index (χ0n) is 11.1. The van der Waals surface area contributed by atoms with Gasteiger partial charge >= 0.3 is 0 Å². The van der Waals surface area contributed by atoms with Crippen LogP contribution in [0.1, 0.15) is 6.92 Å². The molecule has 6 heteroatoms. The van der Waals surface area contributed by atoms with Crippen LogP contribution >= 0.6 is 0 Å². The van der Waals surface area contributed by atoms with E-state index in [0.717, 1.165) is 11.1 Å². The van der Waals surface area contributed by atoms with Crippen molar-refractivity contribution in [2.75, 3.05) is 5.43 Å². The maximum absolute atomic E-state index is 12.4. The number of hydrogen-bond acceptors (Lipinski definition) is 4. The minimum absolute atomic E-state index is 0.132. The topological polar surface area (TPSA) is 88.7 Å². The molecule has 6 nitrogen and oxygen atoms in total. The number of aromatic amines is 1. The molecule has 0 spiro atoms. The molecular formula is C14H15N5O. The lowest BCUT2D eigenvalue weighted by atomic mass is 10.1. The summed E-state index contributed by atoms with van der Waals surface area (Å²) in [5, 5.41) is 0. The van der Waals surface area contributed by atoms with Crippen LogP contribution in [0.3, 0.4) is 0 Å². The number of anilines is 1. The van der Waals surface area contributed by atoms with Crippen LogP contribution in [0, 0.1) is 0 Å². The summed E-state index contributed by atoms with van der Waals surface area (Å²) in [6.45, 7) is 2.37. The first-order valence-electron chi connectivity index (χ1n) is 6.40. The number of nitrogen functional groups attached to an aromatic ring is 1. The Morgan fingerprint density at radius 1 is 1.35 bits per heavy atom. The molecule has 2 heterocycles. The molecule has 2 aromatic heterocycles. The third kappa shape index (κ3) is 1.78. The van der Waals surface area contributed by atoms with Crippen LogP contribution < -0.4 is 16.8 Å². The van der Waals surface area contributed by atoms with Gasteiger partial charge in [0.2, 0.25) is 5.95 Å². The Balaban J connectivity index is 2.33. The van der Waals surface area contributed by atoms with Crippen molar-refractivity contribution >= 4 is 17.0 Å². The van der Waals surface area contributed by atoms with Crippen LogP contribution in [0.25, 0.3) is 22.2 Å². The standard InChI is InChI=1S/C14H15N5O/c1-2-19-13(20)12-11(17-14(19)18-15)10(8-16-12)9-6-4-3-5-7-9/h3-8,16H,2,15H2,1H3,(H,17,18). The largest absolute Gasteiger partial charge is 0.355 e. The molecule has 0 bridgehead atoms. The SMILES string of the molecule is CCn1c(NN)nc2c(-c3ccccc3)c[nH]c2c1=O. The predicted octanol–water partition coefficient (Wildman–Crippen LogP) is 1.70. The molecule has 0 fully saturated rings. The zero-order valence-corrected chi connectivity index (χ0v) is 11.1. The van der Waals surface area contributed by atoms with Gasteiger partial charge in [-0.05, 0) is 12.5 Å². The molecular weight excluding hydrogens is 254 g/mol. The third-order valence-corrected chi connectivity index (χ3v) is 3.32. The Morgan fingerprint density at radius 2 is 2.10 bits per heavy atom. The Labute approximate surface area is 115 Å². The van der Waals surface area contributed by atoms with Crippen molar-refractivity contribution in [3.63, 3.8) is 0 Å². The number of nitrogens with two attached hydrogens (primary N) is 1. The van der Waals surface area contributed by atoms with Gasteiger partial charge in [0.1, 0.15) is 11.0 Å². The van der Waals surface area contributed by atoms with E-state index >= 15 is 0 Å². The van der Waals surface area contributed by atoms with Crippen molar-refractivity contribution < 1.29 is 0 Å². The number of hydrogen-bond donors (Lipinski definition) is 3. The number of benzene rings is 1. The van der Waals surface area contributed by atoms with Crippen molar-refractivity contribution in [3.8, 4) is 11.1 Å². The summed E-state index contributed by atoms with van der Waals surface area (Å²) in [4.78, 5) is 19.9. The summed E-state index contributed by atoms with van der Waals surface area (Å²) < 4.78 is 1.49. The van der Waals surface area contributed by atoms with Gasteiger partial charge in [-0.3, -0.25) is 14.8 Å². The molecule has 0 aliphatic heterocycles. The van der Waals surface area contributed by atoms with E-state index in [1.165, 1.54) is 4.57 Å². The molecule has 0 aliphatic carbocycles. The molecule has 1 aromatic carbocycles.